The number of para-hydroxylation sites is 1. The average Bonchev–Trinajstić information content (AvgIpc) is 2.47. The van der Waals surface area contributed by atoms with Crippen molar-refractivity contribution in [2.24, 2.45) is 0 Å². The molecule has 0 saturated carbocycles. The first kappa shape index (κ1) is 14.4. The second-order valence-corrected chi connectivity index (χ2v) is 4.74. The Morgan fingerprint density at radius 1 is 1.00 bits per heavy atom. The molecule has 0 fully saturated rings. The van der Waals surface area contributed by atoms with E-state index in [-0.39, 0.29) is 0 Å². The van der Waals surface area contributed by atoms with Crippen molar-refractivity contribution in [3.63, 3.8) is 0 Å². The van der Waals surface area contributed by atoms with Gasteiger partial charge in [0.1, 0.15) is 18.1 Å². The molecule has 3 nitrogen and oxygen atoms in total. The number of methoxy groups -OCH3 is 1. The van der Waals surface area contributed by atoms with Crippen molar-refractivity contribution in [1.29, 1.82) is 0 Å². The van der Waals surface area contributed by atoms with Gasteiger partial charge in [-0.25, -0.2) is 0 Å². The summed E-state index contributed by atoms with van der Waals surface area (Å²) < 4.78 is 11.3. The van der Waals surface area contributed by atoms with Crippen LogP contribution >= 0.6 is 0 Å². The number of rotatable bonds is 6. The summed E-state index contributed by atoms with van der Waals surface area (Å²) in [4.78, 5) is 0. The van der Waals surface area contributed by atoms with Crippen molar-refractivity contribution in [2.75, 3.05) is 14.2 Å². The lowest BCUT2D eigenvalue weighted by Crippen LogP contribution is -2.08. The molecular weight excluding hydrogens is 250 g/mol. The van der Waals surface area contributed by atoms with Gasteiger partial charge >= 0.3 is 0 Å². The molecule has 0 atom stereocenters. The molecule has 0 saturated heterocycles. The van der Waals surface area contributed by atoms with Gasteiger partial charge in [-0.2, -0.15) is 0 Å². The molecular formula is C17H21NO2. The van der Waals surface area contributed by atoms with Gasteiger partial charge in [-0.3, -0.25) is 0 Å². The first-order valence-electron chi connectivity index (χ1n) is 6.73. The van der Waals surface area contributed by atoms with Gasteiger partial charge in [0.15, 0.2) is 0 Å². The number of nitrogens with one attached hydrogen (secondary N) is 1. The molecule has 0 radical (unpaired) electrons. The Kier molecular flexibility index (Phi) is 5.02. The van der Waals surface area contributed by atoms with E-state index in [0.29, 0.717) is 6.61 Å². The highest BCUT2D eigenvalue weighted by atomic mass is 16.5. The van der Waals surface area contributed by atoms with E-state index >= 15 is 0 Å². The summed E-state index contributed by atoms with van der Waals surface area (Å²) in [6.45, 7) is 3.38. The van der Waals surface area contributed by atoms with Crippen molar-refractivity contribution < 1.29 is 9.47 Å². The summed E-state index contributed by atoms with van der Waals surface area (Å²) in [5, 5.41) is 3.17. The zero-order valence-electron chi connectivity index (χ0n) is 12.3. The van der Waals surface area contributed by atoms with Crippen LogP contribution in [-0.4, -0.2) is 14.2 Å². The lowest BCUT2D eigenvalue weighted by Gasteiger charge is -2.14. The minimum absolute atomic E-state index is 0.504. The molecule has 0 amide bonds. The van der Waals surface area contributed by atoms with Crippen molar-refractivity contribution in [3.05, 3.63) is 59.2 Å². The van der Waals surface area contributed by atoms with Gasteiger partial charge in [-0.1, -0.05) is 35.9 Å². The number of benzene rings is 2. The third kappa shape index (κ3) is 3.52. The third-order valence-corrected chi connectivity index (χ3v) is 3.16. The maximum Gasteiger partial charge on any atom is 0.125 e. The normalized spacial score (nSPS) is 10.3. The molecule has 20 heavy (non-hydrogen) atoms. The van der Waals surface area contributed by atoms with Crippen LogP contribution in [0.25, 0.3) is 0 Å². The van der Waals surface area contributed by atoms with Crippen molar-refractivity contribution in [2.45, 2.75) is 20.1 Å². The van der Waals surface area contributed by atoms with E-state index in [0.717, 1.165) is 23.6 Å². The van der Waals surface area contributed by atoms with E-state index in [9.17, 15) is 0 Å². The molecule has 2 aromatic rings. The number of ether oxygens (including phenoxy) is 2. The van der Waals surface area contributed by atoms with Crippen LogP contribution < -0.4 is 14.8 Å². The van der Waals surface area contributed by atoms with Crippen LogP contribution in [0.3, 0.4) is 0 Å². The number of hydrogen-bond acceptors (Lipinski definition) is 3. The monoisotopic (exact) mass is 271 g/mol. The SMILES string of the molecule is CNCc1cc(C)ccc1OCc1ccccc1OC. The molecule has 1 N–H and O–H groups in total. The summed E-state index contributed by atoms with van der Waals surface area (Å²) >= 11 is 0. The van der Waals surface area contributed by atoms with E-state index in [1.165, 1.54) is 11.1 Å². The Morgan fingerprint density at radius 2 is 1.80 bits per heavy atom. The highest BCUT2D eigenvalue weighted by Crippen LogP contribution is 2.24. The van der Waals surface area contributed by atoms with Gasteiger partial charge in [0.05, 0.1) is 7.11 Å². The molecule has 2 rings (SSSR count). The van der Waals surface area contributed by atoms with Crippen LogP contribution in [0.1, 0.15) is 16.7 Å². The van der Waals surface area contributed by atoms with Gasteiger partial charge in [-0.05, 0) is 26.1 Å². The highest BCUT2D eigenvalue weighted by Gasteiger charge is 2.06. The fraction of sp³-hybridized carbons (Fsp3) is 0.294. The molecule has 0 aliphatic heterocycles. The Morgan fingerprint density at radius 3 is 2.55 bits per heavy atom. The predicted molar refractivity (Wildman–Crippen MR) is 81.3 cm³/mol. The van der Waals surface area contributed by atoms with E-state index in [2.05, 4.69) is 24.4 Å². The van der Waals surface area contributed by atoms with E-state index in [1.54, 1.807) is 7.11 Å². The number of aryl methyl sites for hydroxylation is 1. The molecule has 3 heteroatoms. The van der Waals surface area contributed by atoms with E-state index in [4.69, 9.17) is 9.47 Å². The zero-order valence-corrected chi connectivity index (χ0v) is 12.3. The second kappa shape index (κ2) is 6.96. The fourth-order valence-electron chi connectivity index (χ4n) is 2.16. The lowest BCUT2D eigenvalue weighted by atomic mass is 10.1. The van der Waals surface area contributed by atoms with Gasteiger partial charge in [-0.15, -0.1) is 0 Å². The van der Waals surface area contributed by atoms with Gasteiger partial charge in [0.2, 0.25) is 0 Å². The van der Waals surface area contributed by atoms with E-state index in [1.807, 2.05) is 37.4 Å². The maximum atomic E-state index is 5.95. The number of hydrogen-bond donors (Lipinski definition) is 1. The molecule has 0 heterocycles. The van der Waals surface area contributed by atoms with E-state index < -0.39 is 0 Å². The van der Waals surface area contributed by atoms with Crippen LogP contribution in [0.4, 0.5) is 0 Å². The summed E-state index contributed by atoms with van der Waals surface area (Å²) in [7, 11) is 3.61. The van der Waals surface area contributed by atoms with Gasteiger partial charge in [0.25, 0.3) is 0 Å². The minimum Gasteiger partial charge on any atom is -0.496 e. The lowest BCUT2D eigenvalue weighted by molar-refractivity contribution is 0.293. The van der Waals surface area contributed by atoms with Crippen molar-refractivity contribution in [1.82, 2.24) is 5.32 Å². The molecule has 2 aromatic carbocycles. The molecule has 0 bridgehead atoms. The maximum absolute atomic E-state index is 5.95. The van der Waals surface area contributed by atoms with Crippen LogP contribution in [0.15, 0.2) is 42.5 Å². The first-order chi connectivity index (χ1) is 9.74. The summed E-state index contributed by atoms with van der Waals surface area (Å²) in [6, 6.07) is 14.2. The smallest absolute Gasteiger partial charge is 0.125 e. The molecule has 106 valence electrons. The van der Waals surface area contributed by atoms with Crippen molar-refractivity contribution >= 4 is 0 Å². The minimum atomic E-state index is 0.504. The van der Waals surface area contributed by atoms with Gasteiger partial charge < -0.3 is 14.8 Å². The third-order valence-electron chi connectivity index (χ3n) is 3.16. The average molecular weight is 271 g/mol. The summed E-state index contributed by atoms with van der Waals surface area (Å²) in [6.07, 6.45) is 0. The fourth-order valence-corrected chi connectivity index (χ4v) is 2.16. The second-order valence-electron chi connectivity index (χ2n) is 4.74. The molecule has 0 unspecified atom stereocenters. The predicted octanol–water partition coefficient (Wildman–Crippen LogP) is 3.30. The molecule has 0 aromatic heterocycles. The van der Waals surface area contributed by atoms with Gasteiger partial charge in [0, 0.05) is 17.7 Å². The summed E-state index contributed by atoms with van der Waals surface area (Å²) in [5.41, 5.74) is 3.45. The topological polar surface area (TPSA) is 30.5 Å². The summed E-state index contributed by atoms with van der Waals surface area (Å²) in [5.74, 6) is 1.77. The quantitative estimate of drug-likeness (QED) is 0.874. The van der Waals surface area contributed by atoms with Crippen LogP contribution in [0.2, 0.25) is 0 Å². The highest BCUT2D eigenvalue weighted by molar-refractivity contribution is 5.38. The first-order valence-corrected chi connectivity index (χ1v) is 6.73. The van der Waals surface area contributed by atoms with Crippen LogP contribution in [0.5, 0.6) is 11.5 Å². The molecule has 0 aliphatic carbocycles. The zero-order chi connectivity index (χ0) is 14.4. The standard InChI is InChI=1S/C17H21NO2/c1-13-8-9-17(15(10-13)11-18-2)20-12-14-6-4-5-7-16(14)19-3/h4-10,18H,11-12H2,1-3H3. The Hall–Kier alpha value is -2.00. The largest absolute Gasteiger partial charge is 0.496 e. The van der Waals surface area contributed by atoms with Crippen LogP contribution in [0, 0.1) is 6.92 Å². The van der Waals surface area contributed by atoms with Crippen molar-refractivity contribution in [3.8, 4) is 11.5 Å². The Balaban J connectivity index is 2.14. The molecule has 0 spiro atoms. The van der Waals surface area contributed by atoms with Crippen LogP contribution in [-0.2, 0) is 13.2 Å². The molecule has 0 aliphatic rings. The Labute approximate surface area is 120 Å². The Bertz CT molecular complexity index is 567.